The van der Waals surface area contributed by atoms with Crippen LogP contribution in [0.4, 0.5) is 0 Å². The zero-order chi connectivity index (χ0) is 35.5. The minimum atomic E-state index is -0.470. The van der Waals surface area contributed by atoms with E-state index < -0.39 is 11.3 Å². The lowest BCUT2D eigenvalue weighted by molar-refractivity contribution is 0.218. The molecule has 9 rings (SSSR count). The Labute approximate surface area is 306 Å². The summed E-state index contributed by atoms with van der Waals surface area (Å²) in [6.07, 6.45) is 4.40. The standard InChI is InChI=1S/C40H36N4O6S2/c1-22-21-51-37(41-22)27-15-24-5-9-33(46)30(36(24)49-39(27)47)20-44-14-11-26(18-44)23-7-10-34-31(17-23)42-38(52-34)28-16-25-6-8-32(45)29(35(25)50-40(28)48)19-43-12-3-2-4-13-43/h5-10,15-17,21,26,45-46H,2-4,11-14,18-20H2,1H3. The Morgan fingerprint density at radius 1 is 0.769 bits per heavy atom. The van der Waals surface area contributed by atoms with Crippen LogP contribution < -0.4 is 11.3 Å². The highest BCUT2D eigenvalue weighted by atomic mass is 32.1. The topological polar surface area (TPSA) is 133 Å². The minimum Gasteiger partial charge on any atom is -0.507 e. The second-order valence-electron chi connectivity index (χ2n) is 14.0. The lowest BCUT2D eigenvalue weighted by atomic mass is 9.98. The Balaban J connectivity index is 0.952. The van der Waals surface area contributed by atoms with Crippen molar-refractivity contribution in [2.75, 3.05) is 26.2 Å². The van der Waals surface area contributed by atoms with Crippen LogP contribution in [0.1, 0.15) is 54.0 Å². The highest BCUT2D eigenvalue weighted by molar-refractivity contribution is 7.21. The Morgan fingerprint density at radius 2 is 1.42 bits per heavy atom. The summed E-state index contributed by atoms with van der Waals surface area (Å²) in [6, 6.07) is 16.8. The van der Waals surface area contributed by atoms with Gasteiger partial charge in [0, 0.05) is 41.5 Å². The number of aromatic hydroxyl groups is 2. The van der Waals surface area contributed by atoms with Crippen LogP contribution in [-0.2, 0) is 13.1 Å². The zero-order valence-corrected chi connectivity index (χ0v) is 30.2. The lowest BCUT2D eigenvalue weighted by Crippen LogP contribution is -2.29. The molecule has 0 amide bonds. The summed E-state index contributed by atoms with van der Waals surface area (Å²) in [6.45, 7) is 6.38. The minimum absolute atomic E-state index is 0.0987. The lowest BCUT2D eigenvalue weighted by Gasteiger charge is -2.26. The highest BCUT2D eigenvalue weighted by Crippen LogP contribution is 2.37. The fraction of sp³-hybridized carbons (Fsp3) is 0.300. The molecule has 52 heavy (non-hydrogen) atoms. The van der Waals surface area contributed by atoms with E-state index in [4.69, 9.17) is 13.8 Å². The van der Waals surface area contributed by atoms with Crippen LogP contribution in [-0.4, -0.2) is 56.2 Å². The summed E-state index contributed by atoms with van der Waals surface area (Å²) in [7, 11) is 0. The summed E-state index contributed by atoms with van der Waals surface area (Å²) < 4.78 is 12.7. The Bertz CT molecular complexity index is 2620. The molecule has 1 unspecified atom stereocenters. The number of fused-ring (bicyclic) bond motifs is 3. The first kappa shape index (κ1) is 33.0. The number of nitrogens with zero attached hydrogens (tertiary/aromatic N) is 4. The van der Waals surface area contributed by atoms with Crippen LogP contribution in [0, 0.1) is 6.92 Å². The number of phenols is 2. The van der Waals surface area contributed by atoms with Crippen molar-refractivity contribution in [3.63, 3.8) is 0 Å². The number of aryl methyl sites for hydroxylation is 1. The van der Waals surface area contributed by atoms with E-state index in [2.05, 4.69) is 33.0 Å². The molecule has 0 saturated carbocycles. The number of aromatic nitrogens is 2. The molecular formula is C40H36N4O6S2. The van der Waals surface area contributed by atoms with Gasteiger partial charge in [0.05, 0.1) is 32.5 Å². The van der Waals surface area contributed by atoms with Crippen LogP contribution in [0.25, 0.3) is 53.3 Å². The average Bonchev–Trinajstić information content (AvgIpc) is 3.91. The molecule has 2 aliphatic rings. The number of benzene rings is 3. The van der Waals surface area contributed by atoms with E-state index in [0.717, 1.165) is 77.7 Å². The van der Waals surface area contributed by atoms with Gasteiger partial charge < -0.3 is 19.0 Å². The van der Waals surface area contributed by atoms with E-state index in [-0.39, 0.29) is 17.4 Å². The molecule has 2 N–H and O–H groups in total. The Hall–Kier alpha value is -4.88. The predicted molar refractivity (Wildman–Crippen MR) is 205 cm³/mol. The number of hydrogen-bond acceptors (Lipinski definition) is 12. The van der Waals surface area contributed by atoms with Crippen LogP contribution in [0.15, 0.2) is 78.4 Å². The van der Waals surface area contributed by atoms with Crippen molar-refractivity contribution in [3.05, 3.63) is 103 Å². The first-order valence-corrected chi connectivity index (χ1v) is 19.3. The van der Waals surface area contributed by atoms with Crippen molar-refractivity contribution < 1.29 is 19.0 Å². The van der Waals surface area contributed by atoms with Gasteiger partial charge in [0.25, 0.3) is 0 Å². The maximum atomic E-state index is 13.4. The summed E-state index contributed by atoms with van der Waals surface area (Å²) in [4.78, 5) is 40.3. The number of hydrogen-bond donors (Lipinski definition) is 2. The van der Waals surface area contributed by atoms with Crippen LogP contribution in [0.5, 0.6) is 11.5 Å². The van der Waals surface area contributed by atoms with Gasteiger partial charge in [0.1, 0.15) is 32.7 Å². The van der Waals surface area contributed by atoms with Crippen molar-refractivity contribution in [2.45, 2.75) is 51.6 Å². The van der Waals surface area contributed by atoms with Gasteiger partial charge in [-0.15, -0.1) is 22.7 Å². The van der Waals surface area contributed by atoms with Gasteiger partial charge in [-0.25, -0.2) is 19.6 Å². The molecule has 7 aromatic rings. The zero-order valence-electron chi connectivity index (χ0n) is 28.6. The monoisotopic (exact) mass is 732 g/mol. The van der Waals surface area contributed by atoms with Crippen molar-refractivity contribution in [1.29, 1.82) is 0 Å². The first-order valence-electron chi connectivity index (χ1n) is 17.6. The highest BCUT2D eigenvalue weighted by Gasteiger charge is 2.27. The summed E-state index contributed by atoms with van der Waals surface area (Å²) >= 11 is 2.87. The summed E-state index contributed by atoms with van der Waals surface area (Å²) in [5.74, 6) is 0.487. The number of thiazole rings is 2. The number of rotatable bonds is 7. The van der Waals surface area contributed by atoms with Gasteiger partial charge >= 0.3 is 11.3 Å². The van der Waals surface area contributed by atoms with Gasteiger partial charge in [-0.2, -0.15) is 0 Å². The van der Waals surface area contributed by atoms with E-state index in [1.54, 1.807) is 30.3 Å². The third-order valence-corrected chi connectivity index (χ3v) is 12.5. The molecule has 0 aliphatic carbocycles. The van der Waals surface area contributed by atoms with E-state index in [1.165, 1.54) is 29.1 Å². The summed E-state index contributed by atoms with van der Waals surface area (Å²) in [5, 5.41) is 26.2. The van der Waals surface area contributed by atoms with Crippen LogP contribution in [0.2, 0.25) is 0 Å². The smallest absolute Gasteiger partial charge is 0.346 e. The molecule has 10 nitrogen and oxygen atoms in total. The second kappa shape index (κ2) is 13.3. The average molecular weight is 733 g/mol. The van der Waals surface area contributed by atoms with Crippen molar-refractivity contribution in [3.8, 4) is 32.6 Å². The molecule has 12 heteroatoms. The molecule has 2 aliphatic heterocycles. The SMILES string of the molecule is Cc1csc(-c2cc3ccc(O)c(CN4CCC(c5ccc6sc(-c7cc8ccc(O)c(CN9CCCCC9)c8oc7=O)nc6c5)C4)c3oc2=O)n1. The fourth-order valence-corrected chi connectivity index (χ4v) is 9.42. The van der Waals surface area contributed by atoms with Gasteiger partial charge in [-0.3, -0.25) is 9.80 Å². The number of likely N-dealkylation sites (tertiary alicyclic amines) is 2. The third kappa shape index (κ3) is 6.09. The Morgan fingerprint density at radius 3 is 2.08 bits per heavy atom. The molecular weight excluding hydrogens is 697 g/mol. The predicted octanol–water partition coefficient (Wildman–Crippen LogP) is 7.99. The molecule has 2 saturated heterocycles. The molecule has 0 spiro atoms. The van der Waals surface area contributed by atoms with Crippen molar-refractivity contribution in [1.82, 2.24) is 19.8 Å². The van der Waals surface area contributed by atoms with Gasteiger partial charge in [-0.05, 0) is 106 Å². The van der Waals surface area contributed by atoms with Gasteiger partial charge in [-0.1, -0.05) is 12.5 Å². The molecule has 1 atom stereocenters. The second-order valence-corrected chi connectivity index (χ2v) is 15.8. The van der Waals surface area contributed by atoms with E-state index in [1.807, 2.05) is 18.4 Å². The number of phenolic OH excluding ortho intramolecular Hbond substituents is 2. The fourth-order valence-electron chi connectivity index (χ4n) is 7.67. The normalized spacial score (nSPS) is 17.2. The van der Waals surface area contributed by atoms with E-state index in [0.29, 0.717) is 56.5 Å². The molecule has 6 heterocycles. The van der Waals surface area contributed by atoms with Crippen molar-refractivity contribution in [2.24, 2.45) is 0 Å². The van der Waals surface area contributed by atoms with Gasteiger partial charge in [0.15, 0.2) is 0 Å². The number of piperidine rings is 1. The molecule has 3 aromatic carbocycles. The Kier molecular flexibility index (Phi) is 8.42. The van der Waals surface area contributed by atoms with Crippen LogP contribution >= 0.6 is 22.7 Å². The van der Waals surface area contributed by atoms with Crippen molar-refractivity contribution >= 4 is 54.8 Å². The molecule has 0 radical (unpaired) electrons. The van der Waals surface area contributed by atoms with E-state index >= 15 is 0 Å². The largest absolute Gasteiger partial charge is 0.507 e. The quantitative estimate of drug-likeness (QED) is 0.155. The van der Waals surface area contributed by atoms with Crippen LogP contribution in [0.3, 0.4) is 0 Å². The molecule has 264 valence electrons. The first-order chi connectivity index (χ1) is 25.3. The van der Waals surface area contributed by atoms with E-state index in [9.17, 15) is 19.8 Å². The maximum absolute atomic E-state index is 13.4. The third-order valence-electron chi connectivity index (χ3n) is 10.4. The molecule has 0 bridgehead atoms. The summed E-state index contributed by atoms with van der Waals surface area (Å²) in [5.41, 5.74) is 4.81. The molecule has 2 fully saturated rings. The molecule has 4 aromatic heterocycles. The maximum Gasteiger partial charge on any atom is 0.346 e. The van der Waals surface area contributed by atoms with Gasteiger partial charge in [0.2, 0.25) is 0 Å².